The molecule has 4 heterocycles. The summed E-state index contributed by atoms with van der Waals surface area (Å²) in [7, 11) is 3.50. The molecule has 10 heteroatoms. The van der Waals surface area contributed by atoms with Gasteiger partial charge in [0.05, 0.1) is 29.4 Å². The van der Waals surface area contributed by atoms with Crippen LogP contribution in [-0.4, -0.2) is 44.0 Å². The number of hydrogen-bond acceptors (Lipinski definition) is 6. The van der Waals surface area contributed by atoms with Gasteiger partial charge in [0.25, 0.3) is 5.56 Å². The Morgan fingerprint density at radius 3 is 2.76 bits per heavy atom. The molecular weight excluding hydrogens is 447 g/mol. The van der Waals surface area contributed by atoms with E-state index in [9.17, 15) is 9.18 Å². The number of pyridine rings is 1. The zero-order chi connectivity index (χ0) is 23.3. The van der Waals surface area contributed by atoms with E-state index in [1.807, 2.05) is 13.2 Å². The molecule has 4 aromatic rings. The first-order valence-corrected chi connectivity index (χ1v) is 10.9. The summed E-state index contributed by atoms with van der Waals surface area (Å²) in [5.74, 6) is 0.609. The van der Waals surface area contributed by atoms with Crippen molar-refractivity contribution in [3.8, 4) is 11.3 Å². The Balaban J connectivity index is 1.67. The summed E-state index contributed by atoms with van der Waals surface area (Å²) in [5.41, 5.74) is 1.60. The maximum atomic E-state index is 14.9. The first-order valence-electron chi connectivity index (χ1n) is 10.5. The van der Waals surface area contributed by atoms with Gasteiger partial charge < -0.3 is 9.64 Å². The lowest BCUT2D eigenvalue weighted by Crippen LogP contribution is -2.39. The molecule has 1 aliphatic heterocycles. The van der Waals surface area contributed by atoms with E-state index in [-0.39, 0.29) is 33.3 Å². The van der Waals surface area contributed by atoms with E-state index < -0.39 is 5.82 Å². The van der Waals surface area contributed by atoms with Crippen LogP contribution in [0.3, 0.4) is 0 Å². The molecule has 1 atom stereocenters. The maximum Gasteiger partial charge on any atom is 0.263 e. The molecule has 0 spiro atoms. The van der Waals surface area contributed by atoms with E-state index in [1.54, 1.807) is 43.0 Å². The van der Waals surface area contributed by atoms with Crippen LogP contribution in [0.25, 0.3) is 22.2 Å². The highest BCUT2D eigenvalue weighted by Crippen LogP contribution is 2.32. The number of nitrogens with zero attached hydrogens (tertiary/aromatic N) is 6. The average Bonchev–Trinajstić information content (AvgIpc) is 3.23. The van der Waals surface area contributed by atoms with E-state index in [2.05, 4.69) is 15.0 Å². The van der Waals surface area contributed by atoms with Crippen molar-refractivity contribution in [3.05, 3.63) is 69.2 Å². The number of benzene rings is 1. The fourth-order valence-corrected chi connectivity index (χ4v) is 4.24. The molecule has 1 aliphatic rings. The highest BCUT2D eigenvalue weighted by Gasteiger charge is 2.26. The summed E-state index contributed by atoms with van der Waals surface area (Å²) in [5, 5.41) is 4.77. The van der Waals surface area contributed by atoms with Gasteiger partial charge in [0, 0.05) is 55.6 Å². The van der Waals surface area contributed by atoms with Gasteiger partial charge >= 0.3 is 0 Å². The number of fused-ring (bicyclic) bond motifs is 1. The monoisotopic (exact) mass is 468 g/mol. The molecule has 0 radical (unpaired) electrons. The van der Waals surface area contributed by atoms with Gasteiger partial charge in [0.15, 0.2) is 0 Å². The van der Waals surface area contributed by atoms with Crippen LogP contribution in [0.2, 0.25) is 5.02 Å². The van der Waals surface area contributed by atoms with Gasteiger partial charge in [0.2, 0.25) is 0 Å². The third kappa shape index (κ3) is 3.87. The molecule has 33 heavy (non-hydrogen) atoms. The number of hydrogen-bond donors (Lipinski definition) is 0. The minimum atomic E-state index is -0.550. The first-order chi connectivity index (χ1) is 15.8. The van der Waals surface area contributed by atoms with E-state index in [0.717, 1.165) is 5.56 Å². The van der Waals surface area contributed by atoms with Crippen LogP contribution in [0.5, 0.6) is 0 Å². The molecule has 0 N–H and O–H groups in total. The van der Waals surface area contributed by atoms with E-state index >= 15 is 0 Å². The lowest BCUT2D eigenvalue weighted by Gasteiger charge is -2.33. The molecule has 3 aromatic heterocycles. The quantitative estimate of drug-likeness (QED) is 0.458. The second-order valence-corrected chi connectivity index (χ2v) is 8.56. The number of aromatic nitrogens is 5. The van der Waals surface area contributed by atoms with Crippen LogP contribution < -0.4 is 10.5 Å². The fourth-order valence-electron chi connectivity index (χ4n) is 4.09. The number of rotatable bonds is 3. The molecule has 5 rings (SSSR count). The summed E-state index contributed by atoms with van der Waals surface area (Å²) in [6.07, 6.45) is 3.52. The standard InChI is InChI=1S/C23H22ClFN6O2/c1-13-27-18-9-20(31-6-7-33-19(12-31)14-10-26-29(2)11-14)28-22(21(18)23(32)30(13)3)16-5-4-15(24)8-17(16)25/h4-5,8-11,19H,6-7,12H2,1-3H3. The van der Waals surface area contributed by atoms with Crippen molar-refractivity contribution in [1.82, 2.24) is 24.3 Å². The van der Waals surface area contributed by atoms with Crippen LogP contribution in [-0.2, 0) is 18.8 Å². The lowest BCUT2D eigenvalue weighted by molar-refractivity contribution is 0.0395. The second kappa shape index (κ2) is 8.24. The molecule has 1 aromatic carbocycles. The predicted molar refractivity (Wildman–Crippen MR) is 124 cm³/mol. The predicted octanol–water partition coefficient (Wildman–Crippen LogP) is 3.41. The zero-order valence-corrected chi connectivity index (χ0v) is 19.2. The SMILES string of the molecule is Cc1nc2cc(N3CCOC(c4cnn(C)c4)C3)nc(-c3ccc(Cl)cc3F)c2c(=O)n1C. The van der Waals surface area contributed by atoms with E-state index in [4.69, 9.17) is 21.3 Å². The van der Waals surface area contributed by atoms with Crippen molar-refractivity contribution in [2.75, 3.05) is 24.6 Å². The summed E-state index contributed by atoms with van der Waals surface area (Å²) < 4.78 is 24.1. The molecule has 0 bridgehead atoms. The molecule has 8 nitrogen and oxygen atoms in total. The Morgan fingerprint density at radius 1 is 1.21 bits per heavy atom. The lowest BCUT2D eigenvalue weighted by atomic mass is 10.1. The van der Waals surface area contributed by atoms with Gasteiger partial charge in [-0.1, -0.05) is 11.6 Å². The molecule has 0 saturated carbocycles. The van der Waals surface area contributed by atoms with Gasteiger partial charge in [0.1, 0.15) is 23.6 Å². The number of ether oxygens (including phenoxy) is 1. The minimum absolute atomic E-state index is 0.181. The van der Waals surface area contributed by atoms with Crippen LogP contribution in [0, 0.1) is 12.7 Å². The van der Waals surface area contributed by atoms with Gasteiger partial charge in [-0.05, 0) is 25.1 Å². The Labute approximate surface area is 194 Å². The Kier molecular flexibility index (Phi) is 5.38. The Morgan fingerprint density at radius 2 is 2.03 bits per heavy atom. The van der Waals surface area contributed by atoms with Crippen molar-refractivity contribution < 1.29 is 9.13 Å². The van der Waals surface area contributed by atoms with Crippen LogP contribution >= 0.6 is 11.6 Å². The number of halogens is 2. The summed E-state index contributed by atoms with van der Waals surface area (Å²) in [6.45, 7) is 3.39. The van der Waals surface area contributed by atoms with Crippen LogP contribution in [0.15, 0.2) is 41.5 Å². The molecule has 0 aliphatic carbocycles. The average molecular weight is 469 g/mol. The molecule has 1 unspecified atom stereocenters. The largest absolute Gasteiger partial charge is 0.370 e. The minimum Gasteiger partial charge on any atom is -0.370 e. The summed E-state index contributed by atoms with van der Waals surface area (Å²) in [4.78, 5) is 24.6. The molecule has 1 saturated heterocycles. The van der Waals surface area contributed by atoms with Crippen molar-refractivity contribution in [2.45, 2.75) is 13.0 Å². The Bertz CT molecular complexity index is 1430. The van der Waals surface area contributed by atoms with Gasteiger partial charge in [-0.15, -0.1) is 0 Å². The van der Waals surface area contributed by atoms with Crippen molar-refractivity contribution in [2.24, 2.45) is 14.1 Å². The van der Waals surface area contributed by atoms with Crippen LogP contribution in [0.4, 0.5) is 10.2 Å². The number of morpholine rings is 1. The second-order valence-electron chi connectivity index (χ2n) is 8.12. The van der Waals surface area contributed by atoms with Gasteiger partial charge in [-0.25, -0.2) is 14.4 Å². The summed E-state index contributed by atoms with van der Waals surface area (Å²) >= 11 is 5.96. The van der Waals surface area contributed by atoms with E-state index in [0.29, 0.717) is 36.9 Å². The van der Waals surface area contributed by atoms with Crippen LogP contribution in [0.1, 0.15) is 17.5 Å². The normalized spacial score (nSPS) is 16.5. The third-order valence-electron chi connectivity index (χ3n) is 5.94. The number of aryl methyl sites for hydroxylation is 2. The highest BCUT2D eigenvalue weighted by molar-refractivity contribution is 6.30. The molecular formula is C23H22ClFN6O2. The topological polar surface area (TPSA) is 78.1 Å². The van der Waals surface area contributed by atoms with Crippen molar-refractivity contribution in [1.29, 1.82) is 0 Å². The van der Waals surface area contributed by atoms with Gasteiger partial charge in [-0.2, -0.15) is 5.10 Å². The highest BCUT2D eigenvalue weighted by atomic mass is 35.5. The maximum absolute atomic E-state index is 14.9. The first kappa shape index (κ1) is 21.5. The van der Waals surface area contributed by atoms with Crippen molar-refractivity contribution >= 4 is 28.3 Å². The molecule has 1 fully saturated rings. The molecule has 170 valence electrons. The van der Waals surface area contributed by atoms with Crippen molar-refractivity contribution in [3.63, 3.8) is 0 Å². The van der Waals surface area contributed by atoms with Gasteiger partial charge in [-0.3, -0.25) is 14.0 Å². The zero-order valence-electron chi connectivity index (χ0n) is 18.4. The smallest absolute Gasteiger partial charge is 0.263 e. The molecule has 0 amide bonds. The number of anilines is 1. The van der Waals surface area contributed by atoms with E-state index in [1.165, 1.54) is 10.6 Å². The third-order valence-corrected chi connectivity index (χ3v) is 6.18. The summed E-state index contributed by atoms with van der Waals surface area (Å²) in [6, 6.07) is 6.13. The Hall–Kier alpha value is -3.30. The fraction of sp³-hybridized carbons (Fsp3) is 0.304.